The lowest BCUT2D eigenvalue weighted by atomic mass is 10.1. The molecule has 0 spiro atoms. The Morgan fingerprint density at radius 1 is 1.57 bits per heavy atom. The molecule has 6 heteroatoms. The summed E-state index contributed by atoms with van der Waals surface area (Å²) in [6.07, 6.45) is 0. The Kier molecular flexibility index (Phi) is 3.19. The van der Waals surface area contributed by atoms with Crippen molar-refractivity contribution in [3.05, 3.63) is 39.4 Å². The standard InChI is InChI=1S/C8H6BrNO4/c9-4-5-1-2-6(10(13)14)3-7(5)8(11)12/h1-3H,4H2,(H,11,12). The van der Waals surface area contributed by atoms with Gasteiger partial charge in [-0.3, -0.25) is 10.1 Å². The number of carbonyl (C=O) groups is 1. The molecule has 0 aliphatic rings. The Morgan fingerprint density at radius 3 is 2.64 bits per heavy atom. The molecule has 0 bridgehead atoms. The second-order valence-corrected chi connectivity index (χ2v) is 3.10. The van der Waals surface area contributed by atoms with Crippen LogP contribution in [0.5, 0.6) is 0 Å². The monoisotopic (exact) mass is 259 g/mol. The Morgan fingerprint density at radius 2 is 2.21 bits per heavy atom. The van der Waals surface area contributed by atoms with Gasteiger partial charge in [-0.1, -0.05) is 22.0 Å². The minimum Gasteiger partial charge on any atom is -0.478 e. The average Bonchev–Trinajstić information content (AvgIpc) is 2.16. The van der Waals surface area contributed by atoms with Crippen molar-refractivity contribution in [1.82, 2.24) is 0 Å². The Labute approximate surface area is 87.6 Å². The summed E-state index contributed by atoms with van der Waals surface area (Å²) in [7, 11) is 0. The maximum atomic E-state index is 10.7. The first-order chi connectivity index (χ1) is 6.56. The number of hydrogen-bond acceptors (Lipinski definition) is 3. The molecule has 0 saturated heterocycles. The van der Waals surface area contributed by atoms with Crippen molar-refractivity contribution in [3.8, 4) is 0 Å². The normalized spacial score (nSPS) is 9.79. The zero-order valence-electron chi connectivity index (χ0n) is 6.94. The molecule has 0 fully saturated rings. The molecule has 0 amide bonds. The van der Waals surface area contributed by atoms with Gasteiger partial charge in [-0.05, 0) is 5.56 Å². The van der Waals surface area contributed by atoms with Crippen molar-refractivity contribution in [2.24, 2.45) is 0 Å². The number of rotatable bonds is 3. The van der Waals surface area contributed by atoms with Gasteiger partial charge in [-0.2, -0.15) is 0 Å². The molecule has 1 rings (SSSR count). The summed E-state index contributed by atoms with van der Waals surface area (Å²) >= 11 is 3.11. The molecular weight excluding hydrogens is 254 g/mol. The van der Waals surface area contributed by atoms with Crippen LogP contribution in [0.25, 0.3) is 0 Å². The van der Waals surface area contributed by atoms with Gasteiger partial charge < -0.3 is 5.11 Å². The van der Waals surface area contributed by atoms with E-state index < -0.39 is 10.9 Å². The van der Waals surface area contributed by atoms with Gasteiger partial charge in [0, 0.05) is 17.5 Å². The van der Waals surface area contributed by atoms with E-state index in [9.17, 15) is 14.9 Å². The van der Waals surface area contributed by atoms with E-state index in [-0.39, 0.29) is 11.3 Å². The van der Waals surface area contributed by atoms with Crippen molar-refractivity contribution < 1.29 is 14.8 Å². The zero-order valence-corrected chi connectivity index (χ0v) is 8.52. The second-order valence-electron chi connectivity index (χ2n) is 2.54. The summed E-state index contributed by atoms with van der Waals surface area (Å²) in [5.41, 5.74) is 0.256. The van der Waals surface area contributed by atoms with Crippen molar-refractivity contribution in [2.45, 2.75) is 5.33 Å². The third-order valence-electron chi connectivity index (χ3n) is 1.68. The highest BCUT2D eigenvalue weighted by atomic mass is 79.9. The summed E-state index contributed by atoms with van der Waals surface area (Å²) in [4.78, 5) is 20.5. The number of carboxylic acid groups (broad SMARTS) is 1. The van der Waals surface area contributed by atoms with E-state index in [1.54, 1.807) is 0 Å². The van der Waals surface area contributed by atoms with Gasteiger partial charge in [0.2, 0.25) is 0 Å². The van der Waals surface area contributed by atoms with E-state index in [0.29, 0.717) is 10.9 Å². The van der Waals surface area contributed by atoms with E-state index in [4.69, 9.17) is 5.11 Å². The van der Waals surface area contributed by atoms with Crippen molar-refractivity contribution in [1.29, 1.82) is 0 Å². The number of hydrogen-bond donors (Lipinski definition) is 1. The quantitative estimate of drug-likeness (QED) is 0.513. The molecule has 1 aromatic carbocycles. The fraction of sp³-hybridized carbons (Fsp3) is 0.125. The molecule has 0 aliphatic carbocycles. The molecular formula is C8H6BrNO4. The summed E-state index contributed by atoms with van der Waals surface area (Å²) in [6.45, 7) is 0. The van der Waals surface area contributed by atoms with Crippen LogP contribution in [-0.2, 0) is 5.33 Å². The Hall–Kier alpha value is -1.43. The van der Waals surface area contributed by atoms with Crippen LogP contribution in [0.15, 0.2) is 18.2 Å². The number of alkyl halides is 1. The molecule has 0 aromatic heterocycles. The van der Waals surface area contributed by atoms with Crippen LogP contribution < -0.4 is 0 Å². The van der Waals surface area contributed by atoms with Crippen LogP contribution in [-0.4, -0.2) is 16.0 Å². The number of halogens is 1. The molecule has 0 aliphatic heterocycles. The van der Waals surface area contributed by atoms with Crippen LogP contribution in [0.3, 0.4) is 0 Å². The van der Waals surface area contributed by atoms with Gasteiger partial charge in [0.25, 0.3) is 5.69 Å². The van der Waals surface area contributed by atoms with E-state index >= 15 is 0 Å². The van der Waals surface area contributed by atoms with E-state index in [2.05, 4.69) is 15.9 Å². The van der Waals surface area contributed by atoms with Gasteiger partial charge in [0.15, 0.2) is 0 Å². The highest BCUT2D eigenvalue weighted by Crippen LogP contribution is 2.19. The lowest BCUT2D eigenvalue weighted by Gasteiger charge is -2.01. The van der Waals surface area contributed by atoms with Gasteiger partial charge in [0.1, 0.15) is 0 Å². The highest BCUT2D eigenvalue weighted by molar-refractivity contribution is 9.08. The Balaban J connectivity index is 3.27. The molecule has 14 heavy (non-hydrogen) atoms. The zero-order chi connectivity index (χ0) is 10.7. The predicted molar refractivity (Wildman–Crippen MR) is 52.7 cm³/mol. The van der Waals surface area contributed by atoms with E-state index in [1.165, 1.54) is 12.1 Å². The molecule has 0 radical (unpaired) electrons. The third-order valence-corrected chi connectivity index (χ3v) is 2.28. The maximum Gasteiger partial charge on any atom is 0.336 e. The van der Waals surface area contributed by atoms with E-state index in [1.807, 2.05) is 0 Å². The smallest absolute Gasteiger partial charge is 0.336 e. The van der Waals surface area contributed by atoms with E-state index in [0.717, 1.165) is 6.07 Å². The number of nitro groups is 1. The number of carboxylic acids is 1. The van der Waals surface area contributed by atoms with Crippen LogP contribution in [0.2, 0.25) is 0 Å². The minimum absolute atomic E-state index is 0.0453. The van der Waals surface area contributed by atoms with Crippen LogP contribution in [0.4, 0.5) is 5.69 Å². The first-order valence-electron chi connectivity index (χ1n) is 3.63. The molecule has 74 valence electrons. The van der Waals surface area contributed by atoms with Crippen LogP contribution in [0, 0.1) is 10.1 Å². The number of non-ortho nitro benzene ring substituents is 1. The van der Waals surface area contributed by atoms with Gasteiger partial charge in [0.05, 0.1) is 10.5 Å². The molecule has 0 saturated carbocycles. The van der Waals surface area contributed by atoms with Crippen molar-refractivity contribution >= 4 is 27.6 Å². The second kappa shape index (κ2) is 4.19. The van der Waals surface area contributed by atoms with Gasteiger partial charge in [-0.25, -0.2) is 4.79 Å². The third kappa shape index (κ3) is 2.08. The largest absolute Gasteiger partial charge is 0.478 e. The summed E-state index contributed by atoms with van der Waals surface area (Å²) in [5, 5.41) is 19.5. The van der Waals surface area contributed by atoms with Crippen molar-refractivity contribution in [3.63, 3.8) is 0 Å². The molecule has 0 atom stereocenters. The Bertz CT molecular complexity index is 391. The van der Waals surface area contributed by atoms with Crippen LogP contribution >= 0.6 is 15.9 Å². The van der Waals surface area contributed by atoms with Crippen LogP contribution in [0.1, 0.15) is 15.9 Å². The topological polar surface area (TPSA) is 80.4 Å². The molecule has 0 heterocycles. The highest BCUT2D eigenvalue weighted by Gasteiger charge is 2.14. The molecule has 1 aromatic rings. The summed E-state index contributed by atoms with van der Waals surface area (Å²) in [6, 6.07) is 3.76. The lowest BCUT2D eigenvalue weighted by Crippen LogP contribution is -2.02. The number of nitro benzene ring substituents is 1. The molecule has 5 nitrogen and oxygen atoms in total. The lowest BCUT2D eigenvalue weighted by molar-refractivity contribution is -0.384. The van der Waals surface area contributed by atoms with Gasteiger partial charge >= 0.3 is 5.97 Å². The first kappa shape index (κ1) is 10.6. The SMILES string of the molecule is O=C(O)c1cc([N+](=O)[O-])ccc1CBr. The summed E-state index contributed by atoms with van der Waals surface area (Å²) < 4.78 is 0. The average molecular weight is 260 g/mol. The molecule has 1 N–H and O–H groups in total. The fourth-order valence-electron chi connectivity index (χ4n) is 0.994. The van der Waals surface area contributed by atoms with Crippen molar-refractivity contribution in [2.75, 3.05) is 0 Å². The minimum atomic E-state index is -1.16. The number of aromatic carboxylic acids is 1. The number of benzene rings is 1. The molecule has 0 unspecified atom stereocenters. The fourth-order valence-corrected chi connectivity index (χ4v) is 1.48. The number of nitrogens with zero attached hydrogens (tertiary/aromatic N) is 1. The predicted octanol–water partition coefficient (Wildman–Crippen LogP) is 2.19. The van der Waals surface area contributed by atoms with Gasteiger partial charge in [-0.15, -0.1) is 0 Å². The maximum absolute atomic E-state index is 10.7. The first-order valence-corrected chi connectivity index (χ1v) is 4.75. The summed E-state index contributed by atoms with van der Waals surface area (Å²) in [5.74, 6) is -1.16.